The molecule has 0 saturated heterocycles. The standard InChI is InChI=1S/C24H16O3/c25-21(11-12-22(26)27)18-8-7-14-5-6-16-13-15-3-1-2-4-17(15)19-9-10-20(18)23(14)24(16)19/h1-10,13H,11-12H2,(H,26,27). The van der Waals surface area contributed by atoms with Crippen molar-refractivity contribution in [2.75, 3.05) is 0 Å². The Kier molecular flexibility index (Phi) is 3.37. The topological polar surface area (TPSA) is 54.4 Å². The fourth-order valence-electron chi connectivity index (χ4n) is 4.15. The summed E-state index contributed by atoms with van der Waals surface area (Å²) in [6.07, 6.45) is -0.131. The Labute approximate surface area is 155 Å². The summed E-state index contributed by atoms with van der Waals surface area (Å²) in [7, 11) is 0. The van der Waals surface area contributed by atoms with Crippen LogP contribution in [0.5, 0.6) is 0 Å². The highest BCUT2D eigenvalue weighted by Gasteiger charge is 2.16. The van der Waals surface area contributed by atoms with Crippen LogP contribution in [-0.2, 0) is 4.79 Å². The zero-order valence-electron chi connectivity index (χ0n) is 14.5. The Hall–Kier alpha value is -3.46. The molecule has 0 saturated carbocycles. The molecule has 3 nitrogen and oxygen atoms in total. The zero-order chi connectivity index (χ0) is 18.5. The van der Waals surface area contributed by atoms with Crippen LogP contribution in [-0.4, -0.2) is 16.9 Å². The van der Waals surface area contributed by atoms with E-state index in [1.165, 1.54) is 16.2 Å². The van der Waals surface area contributed by atoms with E-state index in [1.807, 2.05) is 30.3 Å². The first-order valence-electron chi connectivity index (χ1n) is 8.98. The van der Waals surface area contributed by atoms with Crippen molar-refractivity contribution in [2.24, 2.45) is 0 Å². The Morgan fingerprint density at radius 3 is 2.22 bits per heavy atom. The number of ketones is 1. The Bertz CT molecular complexity index is 1360. The molecular formula is C24H16O3. The number of carbonyl (C=O) groups excluding carboxylic acids is 1. The summed E-state index contributed by atoms with van der Waals surface area (Å²) in [6, 6.07) is 22.6. The van der Waals surface area contributed by atoms with Gasteiger partial charge in [-0.3, -0.25) is 9.59 Å². The number of benzene rings is 5. The molecule has 0 bridgehead atoms. The monoisotopic (exact) mass is 352 g/mol. The first kappa shape index (κ1) is 15.8. The highest BCUT2D eigenvalue weighted by atomic mass is 16.4. The van der Waals surface area contributed by atoms with Crippen molar-refractivity contribution < 1.29 is 14.7 Å². The maximum absolute atomic E-state index is 12.6. The summed E-state index contributed by atoms with van der Waals surface area (Å²) in [5.74, 6) is -1.08. The van der Waals surface area contributed by atoms with Crippen molar-refractivity contribution in [3.8, 4) is 0 Å². The van der Waals surface area contributed by atoms with E-state index < -0.39 is 5.97 Å². The van der Waals surface area contributed by atoms with Gasteiger partial charge in [-0.25, -0.2) is 0 Å². The van der Waals surface area contributed by atoms with Crippen LogP contribution in [0.25, 0.3) is 43.1 Å². The quantitative estimate of drug-likeness (QED) is 0.253. The molecule has 0 aliphatic carbocycles. The van der Waals surface area contributed by atoms with Crippen LogP contribution in [0.1, 0.15) is 23.2 Å². The molecule has 0 radical (unpaired) electrons. The first-order valence-corrected chi connectivity index (χ1v) is 8.98. The van der Waals surface area contributed by atoms with Crippen LogP contribution >= 0.6 is 0 Å². The van der Waals surface area contributed by atoms with E-state index in [4.69, 9.17) is 5.11 Å². The highest BCUT2D eigenvalue weighted by molar-refractivity contribution is 6.31. The van der Waals surface area contributed by atoms with Crippen molar-refractivity contribution >= 4 is 54.8 Å². The Morgan fingerprint density at radius 2 is 1.37 bits per heavy atom. The number of carbonyl (C=O) groups is 2. The average molecular weight is 352 g/mol. The molecule has 0 fully saturated rings. The molecule has 0 aliphatic heterocycles. The van der Waals surface area contributed by atoms with E-state index >= 15 is 0 Å². The number of fused-ring (bicyclic) bond motifs is 2. The van der Waals surface area contributed by atoms with Crippen molar-refractivity contribution in [1.29, 1.82) is 0 Å². The summed E-state index contributed by atoms with van der Waals surface area (Å²) < 4.78 is 0. The summed E-state index contributed by atoms with van der Waals surface area (Å²) >= 11 is 0. The van der Waals surface area contributed by atoms with Gasteiger partial charge in [0.25, 0.3) is 0 Å². The van der Waals surface area contributed by atoms with Crippen molar-refractivity contribution in [2.45, 2.75) is 12.8 Å². The molecule has 0 spiro atoms. The van der Waals surface area contributed by atoms with Gasteiger partial charge in [0.1, 0.15) is 0 Å². The third-order valence-electron chi connectivity index (χ3n) is 5.37. The molecule has 5 aromatic rings. The molecule has 0 unspecified atom stereocenters. The van der Waals surface area contributed by atoms with E-state index in [0.717, 1.165) is 26.9 Å². The number of carboxylic acid groups (broad SMARTS) is 1. The van der Waals surface area contributed by atoms with Crippen LogP contribution in [0.15, 0.2) is 66.7 Å². The summed E-state index contributed by atoms with van der Waals surface area (Å²) in [6.45, 7) is 0. The summed E-state index contributed by atoms with van der Waals surface area (Å²) in [5.41, 5.74) is 0.603. The lowest BCUT2D eigenvalue weighted by Crippen LogP contribution is -2.04. The third kappa shape index (κ3) is 2.36. The third-order valence-corrected chi connectivity index (χ3v) is 5.37. The molecule has 0 aromatic heterocycles. The molecular weight excluding hydrogens is 336 g/mol. The average Bonchev–Trinajstić information content (AvgIpc) is 2.69. The number of hydrogen-bond donors (Lipinski definition) is 1. The van der Waals surface area contributed by atoms with Crippen LogP contribution in [0.2, 0.25) is 0 Å². The van der Waals surface area contributed by atoms with Gasteiger partial charge in [0.2, 0.25) is 0 Å². The molecule has 5 rings (SSSR count). The van der Waals surface area contributed by atoms with Crippen LogP contribution in [0.4, 0.5) is 0 Å². The number of hydrogen-bond acceptors (Lipinski definition) is 2. The van der Waals surface area contributed by atoms with Gasteiger partial charge in [0.15, 0.2) is 5.78 Å². The molecule has 130 valence electrons. The molecule has 5 aromatic carbocycles. The fraction of sp³-hybridized carbons (Fsp3) is 0.0833. The van der Waals surface area contributed by atoms with Crippen LogP contribution in [0.3, 0.4) is 0 Å². The lowest BCUT2D eigenvalue weighted by Gasteiger charge is -2.15. The van der Waals surface area contributed by atoms with Crippen LogP contribution in [0, 0.1) is 0 Å². The van der Waals surface area contributed by atoms with Crippen molar-refractivity contribution in [3.05, 3.63) is 72.3 Å². The summed E-state index contributed by atoms with van der Waals surface area (Å²) in [4.78, 5) is 23.5. The molecule has 27 heavy (non-hydrogen) atoms. The van der Waals surface area contributed by atoms with Gasteiger partial charge < -0.3 is 5.11 Å². The Balaban J connectivity index is 1.86. The number of carboxylic acids is 1. The molecule has 0 amide bonds. The second kappa shape index (κ2) is 5.78. The number of rotatable bonds is 4. The predicted octanol–water partition coefficient (Wildman–Crippen LogP) is 5.78. The lowest BCUT2D eigenvalue weighted by atomic mass is 9.88. The normalized spacial score (nSPS) is 11.7. The van der Waals surface area contributed by atoms with E-state index in [-0.39, 0.29) is 18.6 Å². The van der Waals surface area contributed by atoms with Gasteiger partial charge in [-0.15, -0.1) is 0 Å². The van der Waals surface area contributed by atoms with E-state index in [0.29, 0.717) is 5.56 Å². The van der Waals surface area contributed by atoms with E-state index in [1.54, 1.807) is 0 Å². The minimum atomic E-state index is -0.951. The van der Waals surface area contributed by atoms with Gasteiger partial charge in [0.05, 0.1) is 6.42 Å². The largest absolute Gasteiger partial charge is 0.481 e. The second-order valence-electron chi connectivity index (χ2n) is 6.95. The maximum atomic E-state index is 12.6. The van der Waals surface area contributed by atoms with E-state index in [9.17, 15) is 9.59 Å². The number of Topliss-reactive ketones (excluding diaryl/α,β-unsaturated/α-hetero) is 1. The van der Waals surface area contributed by atoms with Crippen molar-refractivity contribution in [1.82, 2.24) is 0 Å². The minimum Gasteiger partial charge on any atom is -0.481 e. The number of aliphatic carboxylic acids is 1. The summed E-state index contributed by atoms with van der Waals surface area (Å²) in [5, 5.41) is 17.8. The molecule has 0 atom stereocenters. The molecule has 3 heteroatoms. The minimum absolute atomic E-state index is 0.0161. The highest BCUT2D eigenvalue weighted by Crippen LogP contribution is 2.39. The molecule has 0 heterocycles. The molecule has 0 aliphatic rings. The smallest absolute Gasteiger partial charge is 0.303 e. The van der Waals surface area contributed by atoms with Crippen LogP contribution < -0.4 is 0 Å². The second-order valence-corrected chi connectivity index (χ2v) is 6.95. The zero-order valence-corrected chi connectivity index (χ0v) is 14.5. The lowest BCUT2D eigenvalue weighted by molar-refractivity contribution is -0.136. The SMILES string of the molecule is O=C(O)CCC(=O)c1ccc2ccc3cc4ccccc4c4ccc1c2c34. The Morgan fingerprint density at radius 1 is 0.667 bits per heavy atom. The predicted molar refractivity (Wildman–Crippen MR) is 109 cm³/mol. The van der Waals surface area contributed by atoms with Gasteiger partial charge in [-0.2, -0.15) is 0 Å². The van der Waals surface area contributed by atoms with Gasteiger partial charge in [-0.05, 0) is 49.2 Å². The van der Waals surface area contributed by atoms with Gasteiger partial charge >= 0.3 is 5.97 Å². The fourth-order valence-corrected chi connectivity index (χ4v) is 4.15. The van der Waals surface area contributed by atoms with Gasteiger partial charge in [-0.1, -0.05) is 60.7 Å². The van der Waals surface area contributed by atoms with Crippen molar-refractivity contribution in [3.63, 3.8) is 0 Å². The molecule has 1 N–H and O–H groups in total. The maximum Gasteiger partial charge on any atom is 0.303 e. The first-order chi connectivity index (χ1) is 13.1. The van der Waals surface area contributed by atoms with Gasteiger partial charge in [0, 0.05) is 12.0 Å². The van der Waals surface area contributed by atoms with E-state index in [2.05, 4.69) is 36.4 Å².